The van der Waals surface area contributed by atoms with Crippen molar-refractivity contribution in [1.29, 1.82) is 0 Å². The first-order valence-electron chi connectivity index (χ1n) is 6.29. The molecule has 0 bridgehead atoms. The van der Waals surface area contributed by atoms with Crippen LogP contribution < -0.4 is 5.32 Å². The van der Waals surface area contributed by atoms with Crippen LogP contribution in [0, 0.1) is 5.92 Å². The van der Waals surface area contributed by atoms with Crippen molar-refractivity contribution >= 4 is 0 Å². The van der Waals surface area contributed by atoms with E-state index in [0.717, 1.165) is 18.9 Å². The fourth-order valence-electron chi connectivity index (χ4n) is 1.47. The van der Waals surface area contributed by atoms with Crippen LogP contribution in [0.25, 0.3) is 0 Å². The van der Waals surface area contributed by atoms with Crippen LogP contribution in [0.1, 0.15) is 46.0 Å². The Morgan fingerprint density at radius 1 is 1.20 bits per heavy atom. The Labute approximate surface area is 95.7 Å². The molecule has 0 amide bonds. The van der Waals surface area contributed by atoms with Crippen molar-refractivity contribution in [1.82, 2.24) is 5.32 Å². The van der Waals surface area contributed by atoms with Gasteiger partial charge in [-0.05, 0) is 32.4 Å². The lowest BCUT2D eigenvalue weighted by Crippen LogP contribution is -2.05. The maximum absolute atomic E-state index is 3.13. The van der Waals surface area contributed by atoms with E-state index in [2.05, 4.69) is 43.5 Å². The molecule has 0 aliphatic heterocycles. The lowest BCUT2D eigenvalue weighted by molar-refractivity contribution is 0.576. The molecule has 0 rings (SSSR count). The van der Waals surface area contributed by atoms with Gasteiger partial charge in [0, 0.05) is 0 Å². The van der Waals surface area contributed by atoms with Gasteiger partial charge in [0.05, 0.1) is 0 Å². The Morgan fingerprint density at radius 3 is 2.67 bits per heavy atom. The van der Waals surface area contributed by atoms with Gasteiger partial charge >= 0.3 is 0 Å². The van der Waals surface area contributed by atoms with Crippen molar-refractivity contribution in [3.8, 4) is 0 Å². The standard InChI is InChI=1S/C14H27N/c1-4-5-8-11-14(2)12-9-6-7-10-13-15-3/h6-7,9,12,14-15H,4-5,8,10-11,13H2,1-3H3/b7-6+,12-9+. The van der Waals surface area contributed by atoms with E-state index in [9.17, 15) is 0 Å². The summed E-state index contributed by atoms with van der Waals surface area (Å²) < 4.78 is 0. The Bertz CT molecular complexity index is 170. The highest BCUT2D eigenvalue weighted by atomic mass is 14.8. The summed E-state index contributed by atoms with van der Waals surface area (Å²) in [7, 11) is 1.99. The van der Waals surface area contributed by atoms with Crippen LogP contribution in [-0.4, -0.2) is 13.6 Å². The molecule has 1 N–H and O–H groups in total. The molecule has 88 valence electrons. The monoisotopic (exact) mass is 209 g/mol. The summed E-state index contributed by atoms with van der Waals surface area (Å²) in [6, 6.07) is 0. The van der Waals surface area contributed by atoms with Gasteiger partial charge in [-0.1, -0.05) is 57.4 Å². The molecule has 0 aromatic heterocycles. The van der Waals surface area contributed by atoms with Gasteiger partial charge in [-0.3, -0.25) is 0 Å². The van der Waals surface area contributed by atoms with Gasteiger partial charge < -0.3 is 5.32 Å². The molecule has 0 saturated carbocycles. The minimum atomic E-state index is 0.727. The lowest BCUT2D eigenvalue weighted by Gasteiger charge is -2.03. The first-order chi connectivity index (χ1) is 7.31. The van der Waals surface area contributed by atoms with Gasteiger partial charge in [-0.2, -0.15) is 0 Å². The van der Waals surface area contributed by atoms with Crippen LogP contribution >= 0.6 is 0 Å². The summed E-state index contributed by atoms with van der Waals surface area (Å²) in [5.74, 6) is 0.727. The zero-order valence-electron chi connectivity index (χ0n) is 10.6. The van der Waals surface area contributed by atoms with Crippen LogP contribution in [0.2, 0.25) is 0 Å². The zero-order valence-corrected chi connectivity index (χ0v) is 10.6. The first kappa shape index (κ1) is 14.4. The van der Waals surface area contributed by atoms with Crippen LogP contribution in [-0.2, 0) is 0 Å². The molecule has 0 fully saturated rings. The topological polar surface area (TPSA) is 12.0 Å². The highest BCUT2D eigenvalue weighted by Gasteiger charge is 1.94. The number of unbranched alkanes of at least 4 members (excludes halogenated alkanes) is 2. The van der Waals surface area contributed by atoms with Gasteiger partial charge in [-0.15, -0.1) is 0 Å². The van der Waals surface area contributed by atoms with Crippen LogP contribution in [0.3, 0.4) is 0 Å². The molecule has 0 aromatic carbocycles. The van der Waals surface area contributed by atoms with Crippen molar-refractivity contribution in [3.05, 3.63) is 24.3 Å². The lowest BCUT2D eigenvalue weighted by atomic mass is 10.0. The molecule has 0 aliphatic rings. The summed E-state index contributed by atoms with van der Waals surface area (Å²) in [4.78, 5) is 0. The van der Waals surface area contributed by atoms with Crippen LogP contribution in [0.4, 0.5) is 0 Å². The van der Waals surface area contributed by atoms with E-state index < -0.39 is 0 Å². The largest absolute Gasteiger partial charge is 0.319 e. The molecule has 0 radical (unpaired) electrons. The number of hydrogen-bond acceptors (Lipinski definition) is 1. The summed E-state index contributed by atoms with van der Waals surface area (Å²) in [5, 5.41) is 3.13. The van der Waals surface area contributed by atoms with Gasteiger partial charge in [0.1, 0.15) is 0 Å². The Morgan fingerprint density at radius 2 is 2.00 bits per heavy atom. The molecule has 0 saturated heterocycles. The van der Waals surface area contributed by atoms with Gasteiger partial charge in [-0.25, -0.2) is 0 Å². The fourth-order valence-corrected chi connectivity index (χ4v) is 1.47. The number of hydrogen-bond donors (Lipinski definition) is 1. The Hall–Kier alpha value is -0.560. The number of allylic oxidation sites excluding steroid dienone is 3. The molecule has 0 aliphatic carbocycles. The van der Waals surface area contributed by atoms with Crippen molar-refractivity contribution in [2.45, 2.75) is 46.0 Å². The third-order valence-corrected chi connectivity index (χ3v) is 2.51. The summed E-state index contributed by atoms with van der Waals surface area (Å²) >= 11 is 0. The predicted molar refractivity (Wildman–Crippen MR) is 70.1 cm³/mol. The van der Waals surface area contributed by atoms with Crippen molar-refractivity contribution in [2.75, 3.05) is 13.6 Å². The predicted octanol–water partition coefficient (Wildman–Crippen LogP) is 3.92. The zero-order chi connectivity index (χ0) is 11.4. The summed E-state index contributed by atoms with van der Waals surface area (Å²) in [6.07, 6.45) is 15.4. The molecular weight excluding hydrogens is 182 g/mol. The van der Waals surface area contributed by atoms with E-state index in [4.69, 9.17) is 0 Å². The molecule has 1 heteroatoms. The second-order valence-corrected chi connectivity index (χ2v) is 4.18. The maximum Gasteiger partial charge on any atom is -0.00172 e. The first-order valence-corrected chi connectivity index (χ1v) is 6.29. The smallest absolute Gasteiger partial charge is 0.00172 e. The third-order valence-electron chi connectivity index (χ3n) is 2.51. The normalized spacial score (nSPS) is 14.1. The molecule has 0 spiro atoms. The van der Waals surface area contributed by atoms with E-state index in [1.165, 1.54) is 25.7 Å². The SMILES string of the molecule is CCCCCC(C)/C=C/C=C/CCNC. The Kier molecular flexibility index (Phi) is 11.1. The van der Waals surface area contributed by atoms with E-state index >= 15 is 0 Å². The highest BCUT2D eigenvalue weighted by molar-refractivity contribution is 5.03. The third kappa shape index (κ3) is 11.4. The molecule has 0 aromatic rings. The highest BCUT2D eigenvalue weighted by Crippen LogP contribution is 2.10. The fraction of sp³-hybridized carbons (Fsp3) is 0.714. The molecule has 1 atom stereocenters. The quantitative estimate of drug-likeness (QED) is 0.448. The summed E-state index contributed by atoms with van der Waals surface area (Å²) in [5.41, 5.74) is 0. The van der Waals surface area contributed by atoms with E-state index in [1.807, 2.05) is 7.05 Å². The molecule has 1 unspecified atom stereocenters. The molecule has 0 heterocycles. The maximum atomic E-state index is 3.13. The van der Waals surface area contributed by atoms with E-state index in [0.29, 0.717) is 0 Å². The molecule has 15 heavy (non-hydrogen) atoms. The van der Waals surface area contributed by atoms with E-state index in [-0.39, 0.29) is 0 Å². The summed E-state index contributed by atoms with van der Waals surface area (Å²) in [6.45, 7) is 5.62. The second kappa shape index (κ2) is 11.5. The molecular formula is C14H27N. The van der Waals surface area contributed by atoms with Crippen molar-refractivity contribution < 1.29 is 0 Å². The second-order valence-electron chi connectivity index (χ2n) is 4.18. The number of nitrogens with one attached hydrogen (secondary N) is 1. The average molecular weight is 209 g/mol. The van der Waals surface area contributed by atoms with Gasteiger partial charge in [0.25, 0.3) is 0 Å². The minimum absolute atomic E-state index is 0.727. The van der Waals surface area contributed by atoms with Crippen LogP contribution in [0.5, 0.6) is 0 Å². The average Bonchev–Trinajstić information content (AvgIpc) is 2.23. The van der Waals surface area contributed by atoms with Gasteiger partial charge in [0.15, 0.2) is 0 Å². The minimum Gasteiger partial charge on any atom is -0.319 e. The Balaban J connectivity index is 3.44. The van der Waals surface area contributed by atoms with E-state index in [1.54, 1.807) is 0 Å². The molecule has 1 nitrogen and oxygen atoms in total. The van der Waals surface area contributed by atoms with Crippen molar-refractivity contribution in [3.63, 3.8) is 0 Å². The number of rotatable bonds is 9. The van der Waals surface area contributed by atoms with Crippen LogP contribution in [0.15, 0.2) is 24.3 Å². The van der Waals surface area contributed by atoms with Crippen molar-refractivity contribution in [2.24, 2.45) is 5.92 Å². The van der Waals surface area contributed by atoms with Gasteiger partial charge in [0.2, 0.25) is 0 Å².